The third-order valence-electron chi connectivity index (χ3n) is 3.37. The summed E-state index contributed by atoms with van der Waals surface area (Å²) in [5.41, 5.74) is 2.68. The summed E-state index contributed by atoms with van der Waals surface area (Å²) >= 11 is 0. The molecule has 0 aliphatic rings. The zero-order valence-electron chi connectivity index (χ0n) is 13.9. The van der Waals surface area contributed by atoms with Crippen molar-refractivity contribution in [2.24, 2.45) is 5.14 Å². The molecule has 0 bridgehead atoms. The molecule has 0 saturated carbocycles. The summed E-state index contributed by atoms with van der Waals surface area (Å²) < 4.78 is 52.2. The second-order valence-electron chi connectivity index (χ2n) is 5.28. The third kappa shape index (κ3) is 4.58. The van der Waals surface area contributed by atoms with Gasteiger partial charge in [-0.05, 0) is 37.3 Å². The molecule has 0 aliphatic heterocycles. The van der Waals surface area contributed by atoms with Gasteiger partial charge in [0, 0.05) is 0 Å². The molecular formula is C15H17N3O6S2. The van der Waals surface area contributed by atoms with E-state index in [-0.39, 0.29) is 21.1 Å². The van der Waals surface area contributed by atoms with Gasteiger partial charge in [-0.3, -0.25) is 10.2 Å². The van der Waals surface area contributed by atoms with Crippen LogP contribution in [0.5, 0.6) is 5.75 Å². The molecule has 2 rings (SSSR count). The average Bonchev–Trinajstić information content (AvgIpc) is 2.58. The molecule has 0 aliphatic carbocycles. The first kappa shape index (κ1) is 19.8. The van der Waals surface area contributed by atoms with Gasteiger partial charge in [-0.25, -0.2) is 22.0 Å². The minimum atomic E-state index is -4.05. The van der Waals surface area contributed by atoms with Crippen LogP contribution in [-0.4, -0.2) is 29.9 Å². The van der Waals surface area contributed by atoms with E-state index in [1.165, 1.54) is 31.4 Å². The number of methoxy groups -OCH3 is 1. The molecule has 0 aromatic heterocycles. The van der Waals surface area contributed by atoms with Crippen molar-refractivity contribution in [1.29, 1.82) is 0 Å². The van der Waals surface area contributed by atoms with Gasteiger partial charge in [-0.2, -0.15) is 0 Å². The lowest BCUT2D eigenvalue weighted by molar-refractivity contribution is 0.0942. The lowest BCUT2D eigenvalue weighted by Crippen LogP contribution is -2.41. The van der Waals surface area contributed by atoms with Crippen molar-refractivity contribution in [1.82, 2.24) is 10.3 Å². The lowest BCUT2D eigenvalue weighted by atomic mass is 10.2. The molecule has 140 valence electrons. The number of aryl methyl sites for hydroxylation is 1. The molecule has 0 radical (unpaired) electrons. The lowest BCUT2D eigenvalue weighted by Gasteiger charge is -2.12. The maximum Gasteiger partial charge on any atom is 0.270 e. The fourth-order valence-corrected chi connectivity index (χ4v) is 3.38. The third-order valence-corrected chi connectivity index (χ3v) is 5.55. The highest BCUT2D eigenvalue weighted by molar-refractivity contribution is 7.89. The summed E-state index contributed by atoms with van der Waals surface area (Å²) in [5.74, 6) is -0.868. The molecule has 0 heterocycles. The minimum Gasteiger partial charge on any atom is -0.496 e. The monoisotopic (exact) mass is 399 g/mol. The average molecular weight is 399 g/mol. The van der Waals surface area contributed by atoms with Gasteiger partial charge in [-0.15, -0.1) is 4.83 Å². The van der Waals surface area contributed by atoms with Crippen molar-refractivity contribution < 1.29 is 26.4 Å². The minimum absolute atomic E-state index is 0.0458. The van der Waals surface area contributed by atoms with Crippen molar-refractivity contribution >= 4 is 26.0 Å². The number of ether oxygens (including phenoxy) is 1. The Labute approximate surface area is 151 Å². The van der Waals surface area contributed by atoms with E-state index in [1.54, 1.807) is 19.1 Å². The van der Waals surface area contributed by atoms with Crippen LogP contribution in [0.25, 0.3) is 0 Å². The quantitative estimate of drug-likeness (QED) is 0.595. The summed E-state index contributed by atoms with van der Waals surface area (Å²) in [6.45, 7) is 1.80. The number of sulfonamides is 2. The molecule has 2 aromatic carbocycles. The largest absolute Gasteiger partial charge is 0.496 e. The van der Waals surface area contributed by atoms with Crippen molar-refractivity contribution in [3.63, 3.8) is 0 Å². The summed E-state index contributed by atoms with van der Waals surface area (Å²) in [7, 11) is -6.78. The summed E-state index contributed by atoms with van der Waals surface area (Å²) in [6, 6.07) is 9.37. The maximum absolute atomic E-state index is 12.3. The van der Waals surface area contributed by atoms with Crippen LogP contribution in [0.4, 0.5) is 0 Å². The highest BCUT2D eigenvalue weighted by atomic mass is 32.2. The predicted octanol–water partition coefficient (Wildman–Crippen LogP) is 0.274. The van der Waals surface area contributed by atoms with E-state index in [4.69, 9.17) is 9.88 Å². The van der Waals surface area contributed by atoms with Crippen LogP contribution < -0.4 is 20.1 Å². The zero-order chi connectivity index (χ0) is 19.5. The fraction of sp³-hybridized carbons (Fsp3) is 0.133. The first-order valence-corrected chi connectivity index (χ1v) is 10.2. The number of carbonyl (C=O) groups is 1. The van der Waals surface area contributed by atoms with Gasteiger partial charge in [-0.1, -0.05) is 17.7 Å². The molecular weight excluding hydrogens is 382 g/mol. The number of nitrogens with two attached hydrogens (primary N) is 1. The van der Waals surface area contributed by atoms with E-state index in [1.807, 2.05) is 10.3 Å². The Kier molecular flexibility index (Phi) is 5.66. The van der Waals surface area contributed by atoms with Crippen molar-refractivity contribution in [3.05, 3.63) is 53.6 Å². The van der Waals surface area contributed by atoms with E-state index < -0.39 is 26.0 Å². The highest BCUT2D eigenvalue weighted by Crippen LogP contribution is 2.21. The van der Waals surface area contributed by atoms with Crippen molar-refractivity contribution in [2.45, 2.75) is 16.7 Å². The number of rotatable bonds is 6. The van der Waals surface area contributed by atoms with Gasteiger partial charge < -0.3 is 4.74 Å². The summed E-state index contributed by atoms with van der Waals surface area (Å²) in [4.78, 5) is 13.9. The van der Waals surface area contributed by atoms with Crippen LogP contribution in [0.3, 0.4) is 0 Å². The molecule has 1 amide bonds. The molecule has 0 fully saturated rings. The number of hydrazine groups is 1. The molecule has 0 atom stereocenters. The van der Waals surface area contributed by atoms with Crippen LogP contribution >= 0.6 is 0 Å². The van der Waals surface area contributed by atoms with Gasteiger partial charge in [0.2, 0.25) is 10.0 Å². The number of hydrogen-bond acceptors (Lipinski definition) is 6. The van der Waals surface area contributed by atoms with Gasteiger partial charge >= 0.3 is 0 Å². The molecule has 4 N–H and O–H groups in total. The fourth-order valence-electron chi connectivity index (χ4n) is 2.00. The standard InChI is InChI=1S/C15H17N3O6S2/c1-10-3-5-11(6-4-10)26(22,23)18-17-15(19)13-9-12(25(16,20)21)7-8-14(13)24-2/h3-9,18H,1-2H3,(H,17,19)(H2,16,20,21). The normalized spacial score (nSPS) is 11.8. The number of carbonyl (C=O) groups excluding carboxylic acids is 1. The van der Waals surface area contributed by atoms with E-state index >= 15 is 0 Å². The van der Waals surface area contributed by atoms with E-state index in [9.17, 15) is 21.6 Å². The Balaban J connectivity index is 2.26. The second kappa shape index (κ2) is 7.41. The molecule has 0 unspecified atom stereocenters. The molecule has 2 aromatic rings. The van der Waals surface area contributed by atoms with E-state index in [0.29, 0.717) is 0 Å². The maximum atomic E-state index is 12.3. The van der Waals surface area contributed by atoms with Crippen LogP contribution in [0.15, 0.2) is 52.3 Å². The Bertz CT molecular complexity index is 1030. The Hall–Kier alpha value is -2.47. The Morgan fingerprint density at radius 3 is 2.12 bits per heavy atom. The predicted molar refractivity (Wildman–Crippen MR) is 93.3 cm³/mol. The first-order valence-electron chi connectivity index (χ1n) is 7.14. The van der Waals surface area contributed by atoms with Crippen molar-refractivity contribution in [3.8, 4) is 5.75 Å². The highest BCUT2D eigenvalue weighted by Gasteiger charge is 2.20. The zero-order valence-corrected chi connectivity index (χ0v) is 15.5. The SMILES string of the molecule is COc1ccc(S(N)(=O)=O)cc1C(=O)NNS(=O)(=O)c1ccc(C)cc1. The number of hydrogen-bond donors (Lipinski definition) is 3. The van der Waals surface area contributed by atoms with Crippen LogP contribution in [0.1, 0.15) is 15.9 Å². The van der Waals surface area contributed by atoms with Crippen LogP contribution in [0.2, 0.25) is 0 Å². The molecule has 11 heteroatoms. The van der Waals surface area contributed by atoms with Gasteiger partial charge in [0.25, 0.3) is 15.9 Å². The van der Waals surface area contributed by atoms with E-state index in [0.717, 1.165) is 11.6 Å². The molecule has 0 saturated heterocycles. The topological polar surface area (TPSA) is 145 Å². The number of primary sulfonamides is 1. The smallest absolute Gasteiger partial charge is 0.270 e. The first-order chi connectivity index (χ1) is 12.0. The van der Waals surface area contributed by atoms with Crippen molar-refractivity contribution in [2.75, 3.05) is 7.11 Å². The molecule has 9 nitrogen and oxygen atoms in total. The molecule has 0 spiro atoms. The van der Waals surface area contributed by atoms with Gasteiger partial charge in [0.05, 0.1) is 22.5 Å². The van der Waals surface area contributed by atoms with Gasteiger partial charge in [0.15, 0.2) is 0 Å². The number of nitrogens with one attached hydrogen (secondary N) is 2. The van der Waals surface area contributed by atoms with E-state index in [2.05, 4.69) is 0 Å². The van der Waals surface area contributed by atoms with Crippen LogP contribution in [0, 0.1) is 6.92 Å². The number of amides is 1. The summed E-state index contributed by atoms with van der Waals surface area (Å²) in [5, 5.41) is 5.04. The number of benzene rings is 2. The Morgan fingerprint density at radius 2 is 1.58 bits per heavy atom. The van der Waals surface area contributed by atoms with Crippen LogP contribution in [-0.2, 0) is 20.0 Å². The second-order valence-corrected chi connectivity index (χ2v) is 8.52. The summed E-state index contributed by atoms with van der Waals surface area (Å²) in [6.07, 6.45) is 0. The Morgan fingerprint density at radius 1 is 1.00 bits per heavy atom. The molecule has 26 heavy (non-hydrogen) atoms. The van der Waals surface area contributed by atoms with Gasteiger partial charge in [0.1, 0.15) is 5.75 Å².